The molecule has 0 amide bonds. The van der Waals surface area contributed by atoms with Gasteiger partial charge in [0.1, 0.15) is 0 Å². The molecule has 2 fully saturated rings. The second-order valence-electron chi connectivity index (χ2n) is 13.2. The third-order valence-electron chi connectivity index (χ3n) is 8.23. The molecule has 0 atom stereocenters. The average Bonchev–Trinajstić information content (AvgIpc) is 2.85. The molecular weight excluding hydrogens is 440 g/mol. The molecule has 0 heterocycles. The molecular formula is C32H48N4. The van der Waals surface area contributed by atoms with Gasteiger partial charge in [-0.25, -0.2) is 0 Å². The fourth-order valence-corrected chi connectivity index (χ4v) is 5.71. The molecule has 2 aliphatic carbocycles. The van der Waals surface area contributed by atoms with Crippen molar-refractivity contribution in [3.63, 3.8) is 0 Å². The summed E-state index contributed by atoms with van der Waals surface area (Å²) in [5.41, 5.74) is 20.7. The van der Waals surface area contributed by atoms with Crippen LogP contribution in [0.25, 0.3) is 10.4 Å². The van der Waals surface area contributed by atoms with Gasteiger partial charge in [-0.15, -0.1) is 0 Å². The van der Waals surface area contributed by atoms with Gasteiger partial charge in [-0.05, 0) is 64.3 Å². The molecule has 4 nitrogen and oxygen atoms in total. The molecule has 2 aromatic carbocycles. The van der Waals surface area contributed by atoms with Gasteiger partial charge in [0.2, 0.25) is 0 Å². The molecule has 0 bridgehead atoms. The molecule has 2 saturated carbocycles. The number of nitrogens with two attached hydrogens (primary N) is 1. The number of hydrogen-bond acceptors (Lipinski definition) is 2. The van der Waals surface area contributed by atoms with Gasteiger partial charge < -0.3 is 5.73 Å². The number of hydrogen-bond donors (Lipinski definition) is 1. The van der Waals surface area contributed by atoms with Crippen molar-refractivity contribution >= 4 is 0 Å². The van der Waals surface area contributed by atoms with Crippen LogP contribution in [0.15, 0.2) is 53.6 Å². The van der Waals surface area contributed by atoms with Crippen LogP contribution in [0.3, 0.4) is 0 Å². The van der Waals surface area contributed by atoms with E-state index >= 15 is 0 Å². The van der Waals surface area contributed by atoms with Crippen LogP contribution in [0.4, 0.5) is 0 Å². The van der Waals surface area contributed by atoms with E-state index in [1.807, 2.05) is 0 Å². The molecule has 2 N–H and O–H groups in total. The normalized spacial score (nSPS) is 19.4. The predicted molar refractivity (Wildman–Crippen MR) is 153 cm³/mol. The van der Waals surface area contributed by atoms with Crippen molar-refractivity contribution in [2.75, 3.05) is 0 Å². The van der Waals surface area contributed by atoms with E-state index in [4.69, 9.17) is 11.3 Å². The Morgan fingerprint density at radius 1 is 0.694 bits per heavy atom. The topological polar surface area (TPSA) is 74.8 Å². The first-order valence-electron chi connectivity index (χ1n) is 14.0. The zero-order valence-corrected chi connectivity index (χ0v) is 23.6. The highest BCUT2D eigenvalue weighted by Crippen LogP contribution is 2.42. The summed E-state index contributed by atoms with van der Waals surface area (Å²) in [6.45, 7) is 13.4. The number of benzene rings is 2. The van der Waals surface area contributed by atoms with Crippen molar-refractivity contribution in [1.29, 1.82) is 0 Å². The summed E-state index contributed by atoms with van der Waals surface area (Å²) in [5, 5.41) is 4.19. The van der Waals surface area contributed by atoms with Gasteiger partial charge in [-0.3, -0.25) is 0 Å². The quantitative estimate of drug-likeness (QED) is 0.260. The van der Waals surface area contributed by atoms with E-state index in [9.17, 15) is 0 Å². The van der Waals surface area contributed by atoms with Crippen LogP contribution in [0, 0.1) is 0 Å². The molecule has 4 rings (SSSR count). The van der Waals surface area contributed by atoms with E-state index in [1.165, 1.54) is 47.9 Å². The minimum Gasteiger partial charge on any atom is -0.321 e. The minimum atomic E-state index is -0.311. The maximum atomic E-state index is 8.93. The SMILES string of the molecule is CC(C)(C)c1cccc(C2(N)CCCCC2)c1.CC(C)(C)c1cccc(C2(N=[N+]=[N-])CCCCC2)c1. The third-order valence-corrected chi connectivity index (χ3v) is 8.23. The Balaban J connectivity index is 0.000000202. The van der Waals surface area contributed by atoms with Crippen LogP contribution < -0.4 is 5.73 Å². The molecule has 0 aliphatic heterocycles. The standard InChI is InChI=1S/C16H23N3.C16H25N/c1-15(2,3)13-8-7-9-14(12-13)16(18-19-17)10-5-4-6-11-16;1-15(2,3)13-8-7-9-14(12-13)16(17)10-5-4-6-11-16/h7-9,12H,4-6,10-11H2,1-3H3;7-9,12H,4-6,10-11,17H2,1-3H3. The lowest BCUT2D eigenvalue weighted by molar-refractivity contribution is 0.301. The number of nitrogens with zero attached hydrogens (tertiary/aromatic N) is 3. The molecule has 36 heavy (non-hydrogen) atoms. The van der Waals surface area contributed by atoms with Crippen LogP contribution in [0.2, 0.25) is 0 Å². The van der Waals surface area contributed by atoms with Crippen molar-refractivity contribution in [2.45, 2.75) is 128 Å². The lowest BCUT2D eigenvalue weighted by atomic mass is 9.75. The van der Waals surface area contributed by atoms with Crippen molar-refractivity contribution in [2.24, 2.45) is 10.8 Å². The molecule has 4 heteroatoms. The zero-order valence-electron chi connectivity index (χ0n) is 23.6. The van der Waals surface area contributed by atoms with Gasteiger partial charge in [-0.2, -0.15) is 0 Å². The Kier molecular flexibility index (Phi) is 8.96. The first-order valence-corrected chi connectivity index (χ1v) is 14.0. The first-order chi connectivity index (χ1) is 16.9. The van der Waals surface area contributed by atoms with Crippen molar-refractivity contribution < 1.29 is 0 Å². The minimum absolute atomic E-state index is 0.0699. The summed E-state index contributed by atoms with van der Waals surface area (Å²) in [4.78, 5) is 3.12. The van der Waals surface area contributed by atoms with Gasteiger partial charge in [0.15, 0.2) is 0 Å². The van der Waals surface area contributed by atoms with Crippen LogP contribution in [-0.2, 0) is 21.9 Å². The van der Waals surface area contributed by atoms with Gasteiger partial charge in [0.25, 0.3) is 0 Å². The van der Waals surface area contributed by atoms with E-state index in [2.05, 4.69) is 100 Å². The van der Waals surface area contributed by atoms with Crippen LogP contribution >= 0.6 is 0 Å². The Morgan fingerprint density at radius 2 is 1.14 bits per heavy atom. The molecule has 0 aromatic heterocycles. The average molecular weight is 489 g/mol. The highest BCUT2D eigenvalue weighted by molar-refractivity contribution is 5.34. The highest BCUT2D eigenvalue weighted by atomic mass is 15.2. The largest absolute Gasteiger partial charge is 0.321 e. The Labute approximate surface area is 219 Å². The molecule has 0 unspecified atom stereocenters. The molecule has 196 valence electrons. The van der Waals surface area contributed by atoms with Crippen LogP contribution in [0.5, 0.6) is 0 Å². The van der Waals surface area contributed by atoms with Crippen molar-refractivity contribution in [3.05, 3.63) is 81.2 Å². The highest BCUT2D eigenvalue weighted by Gasteiger charge is 2.33. The van der Waals surface area contributed by atoms with E-state index in [1.54, 1.807) is 0 Å². The van der Waals surface area contributed by atoms with E-state index in [0.29, 0.717) is 0 Å². The third kappa shape index (κ3) is 6.93. The van der Waals surface area contributed by atoms with E-state index < -0.39 is 0 Å². The number of azide groups is 1. The van der Waals surface area contributed by atoms with Gasteiger partial charge >= 0.3 is 0 Å². The maximum absolute atomic E-state index is 8.93. The monoisotopic (exact) mass is 488 g/mol. The number of rotatable bonds is 3. The second kappa shape index (κ2) is 11.4. The fourth-order valence-electron chi connectivity index (χ4n) is 5.71. The Bertz CT molecular complexity index is 1040. The van der Waals surface area contributed by atoms with Gasteiger partial charge in [-0.1, -0.05) is 134 Å². The van der Waals surface area contributed by atoms with Gasteiger partial charge in [0, 0.05) is 10.5 Å². The molecule has 2 aromatic rings. The molecule has 0 saturated heterocycles. The van der Waals surface area contributed by atoms with Crippen LogP contribution in [0.1, 0.15) is 128 Å². The summed E-state index contributed by atoms with van der Waals surface area (Å²) in [5.74, 6) is 0. The van der Waals surface area contributed by atoms with Gasteiger partial charge in [0.05, 0.1) is 5.54 Å². The smallest absolute Gasteiger partial charge is 0.0738 e. The lowest BCUT2D eigenvalue weighted by Gasteiger charge is -2.35. The molecule has 2 aliphatic rings. The van der Waals surface area contributed by atoms with E-state index in [-0.39, 0.29) is 21.9 Å². The Hall–Kier alpha value is -2.29. The summed E-state index contributed by atoms with van der Waals surface area (Å²) < 4.78 is 0. The summed E-state index contributed by atoms with van der Waals surface area (Å²) in [6.07, 6.45) is 11.7. The van der Waals surface area contributed by atoms with Crippen LogP contribution in [-0.4, -0.2) is 0 Å². The predicted octanol–water partition coefficient (Wildman–Crippen LogP) is 9.56. The summed E-state index contributed by atoms with van der Waals surface area (Å²) in [6, 6.07) is 17.5. The molecule has 0 spiro atoms. The Morgan fingerprint density at radius 3 is 1.61 bits per heavy atom. The van der Waals surface area contributed by atoms with Crippen molar-refractivity contribution in [3.8, 4) is 0 Å². The maximum Gasteiger partial charge on any atom is 0.0738 e. The summed E-state index contributed by atoms with van der Waals surface area (Å²) >= 11 is 0. The lowest BCUT2D eigenvalue weighted by Crippen LogP contribution is -2.38. The first kappa shape index (κ1) is 28.3. The molecule has 0 radical (unpaired) electrons. The van der Waals surface area contributed by atoms with E-state index in [0.717, 1.165) is 38.5 Å². The fraction of sp³-hybridized carbons (Fsp3) is 0.625. The summed E-state index contributed by atoms with van der Waals surface area (Å²) in [7, 11) is 0. The zero-order chi connectivity index (χ0) is 26.5. The van der Waals surface area contributed by atoms with Crippen molar-refractivity contribution in [1.82, 2.24) is 0 Å². The second-order valence-corrected chi connectivity index (χ2v) is 13.2.